The number of nitrogens with one attached hydrogen (secondary N) is 1. The predicted molar refractivity (Wildman–Crippen MR) is 115 cm³/mol. The average molecular weight is 439 g/mol. The van der Waals surface area contributed by atoms with Gasteiger partial charge in [-0.3, -0.25) is 4.79 Å². The Morgan fingerprint density at radius 1 is 1.21 bits per heavy atom. The summed E-state index contributed by atoms with van der Waals surface area (Å²) in [5.74, 6) is 1.28. The van der Waals surface area contributed by atoms with Gasteiger partial charge in [-0.05, 0) is 62.3 Å². The molecule has 2 aromatic rings. The van der Waals surface area contributed by atoms with Crippen LogP contribution in [0.25, 0.3) is 0 Å². The number of hydrogen-bond donors (Lipinski definition) is 2. The molecule has 2 unspecified atom stereocenters. The van der Waals surface area contributed by atoms with Crippen molar-refractivity contribution < 1.29 is 19.4 Å². The lowest BCUT2D eigenvalue weighted by Gasteiger charge is -2.28. The number of ether oxygens (including phenoxy) is 2. The van der Waals surface area contributed by atoms with Gasteiger partial charge in [0, 0.05) is 11.4 Å². The molecule has 1 aromatic carbocycles. The summed E-state index contributed by atoms with van der Waals surface area (Å²) in [6, 6.07) is 10.4. The van der Waals surface area contributed by atoms with E-state index in [1.807, 2.05) is 18.2 Å². The zero-order chi connectivity index (χ0) is 20.6. The van der Waals surface area contributed by atoms with Crippen LogP contribution in [0.5, 0.6) is 11.5 Å². The second-order valence-electron chi connectivity index (χ2n) is 7.04. The summed E-state index contributed by atoms with van der Waals surface area (Å²) in [6.07, 6.45) is 1.72. The minimum atomic E-state index is -0.792. The molecule has 6 nitrogen and oxygen atoms in total. The molecule has 1 fully saturated rings. The number of likely N-dealkylation sites (tertiary alicyclic amines) is 1. The second-order valence-corrected chi connectivity index (χ2v) is 8.79. The Labute approximate surface area is 180 Å². The molecule has 3 rings (SSSR count). The van der Waals surface area contributed by atoms with Crippen LogP contribution in [0.4, 0.5) is 0 Å². The Bertz CT molecular complexity index is 777. The van der Waals surface area contributed by atoms with Gasteiger partial charge in [0.25, 0.3) is 0 Å². The number of amides is 1. The summed E-state index contributed by atoms with van der Waals surface area (Å²) in [6.45, 7) is 2.85. The molecule has 0 bridgehead atoms. The molecule has 0 saturated carbocycles. The summed E-state index contributed by atoms with van der Waals surface area (Å²) in [5, 5.41) is 13.8. The van der Waals surface area contributed by atoms with Crippen molar-refractivity contribution in [1.82, 2.24) is 10.2 Å². The lowest BCUT2D eigenvalue weighted by atomic mass is 10.1. The fraction of sp³-hybridized carbons (Fsp3) is 0.476. The third-order valence-electron chi connectivity index (χ3n) is 4.92. The molecule has 0 aliphatic carbocycles. The first-order valence-electron chi connectivity index (χ1n) is 9.77. The van der Waals surface area contributed by atoms with E-state index in [1.165, 1.54) is 11.3 Å². The fourth-order valence-electron chi connectivity index (χ4n) is 3.37. The highest BCUT2D eigenvalue weighted by Gasteiger charge is 2.27. The van der Waals surface area contributed by atoms with Gasteiger partial charge in [-0.1, -0.05) is 11.6 Å². The molecule has 1 aliphatic heterocycles. The molecule has 29 heavy (non-hydrogen) atoms. The number of hydrogen-bond acceptors (Lipinski definition) is 6. The highest BCUT2D eigenvalue weighted by Crippen LogP contribution is 2.29. The number of rotatable bonds is 10. The van der Waals surface area contributed by atoms with Crippen molar-refractivity contribution in [2.45, 2.75) is 31.4 Å². The lowest BCUT2D eigenvalue weighted by Crippen LogP contribution is -2.46. The molecular weight excluding hydrogens is 412 g/mol. The monoisotopic (exact) mass is 438 g/mol. The van der Waals surface area contributed by atoms with E-state index in [-0.39, 0.29) is 18.9 Å². The summed E-state index contributed by atoms with van der Waals surface area (Å²) in [5.41, 5.74) is 0. The fourth-order valence-corrected chi connectivity index (χ4v) is 4.48. The molecule has 0 spiro atoms. The lowest BCUT2D eigenvalue weighted by molar-refractivity contribution is -0.123. The molecule has 2 atom stereocenters. The van der Waals surface area contributed by atoms with Crippen molar-refractivity contribution in [3.63, 3.8) is 0 Å². The quantitative estimate of drug-likeness (QED) is 0.594. The highest BCUT2D eigenvalue weighted by atomic mass is 35.5. The molecular formula is C21H27ClN2O4S. The third kappa shape index (κ3) is 6.60. The molecule has 2 heterocycles. The van der Waals surface area contributed by atoms with Gasteiger partial charge in [-0.15, -0.1) is 11.3 Å². The van der Waals surface area contributed by atoms with Crippen LogP contribution in [0.1, 0.15) is 30.2 Å². The minimum Gasteiger partial charge on any atom is -0.497 e. The van der Waals surface area contributed by atoms with Crippen molar-refractivity contribution in [3.8, 4) is 11.5 Å². The van der Waals surface area contributed by atoms with Crippen molar-refractivity contribution in [2.75, 3.05) is 33.4 Å². The summed E-state index contributed by atoms with van der Waals surface area (Å²) < 4.78 is 11.4. The van der Waals surface area contributed by atoms with Crippen molar-refractivity contribution >= 4 is 28.8 Å². The van der Waals surface area contributed by atoms with Gasteiger partial charge in [0.05, 0.1) is 30.5 Å². The number of carbonyl (C=O) groups is 1. The van der Waals surface area contributed by atoms with Gasteiger partial charge in [0.2, 0.25) is 5.91 Å². The van der Waals surface area contributed by atoms with E-state index in [2.05, 4.69) is 10.2 Å². The van der Waals surface area contributed by atoms with Crippen molar-refractivity contribution in [2.24, 2.45) is 0 Å². The Morgan fingerprint density at radius 3 is 2.52 bits per heavy atom. The number of benzene rings is 1. The van der Waals surface area contributed by atoms with Crippen LogP contribution >= 0.6 is 22.9 Å². The van der Waals surface area contributed by atoms with E-state index in [4.69, 9.17) is 21.1 Å². The maximum Gasteiger partial charge on any atom is 0.223 e. The maximum atomic E-state index is 12.5. The first-order valence-corrected chi connectivity index (χ1v) is 11.0. The van der Waals surface area contributed by atoms with Crippen LogP contribution in [0.2, 0.25) is 4.34 Å². The second kappa shape index (κ2) is 10.8. The van der Waals surface area contributed by atoms with E-state index in [1.54, 1.807) is 25.3 Å². The zero-order valence-corrected chi connectivity index (χ0v) is 18.0. The number of nitrogens with zero attached hydrogens (tertiary/aromatic N) is 1. The summed E-state index contributed by atoms with van der Waals surface area (Å²) >= 11 is 7.35. The topological polar surface area (TPSA) is 71.0 Å². The van der Waals surface area contributed by atoms with Crippen LogP contribution < -0.4 is 14.8 Å². The molecule has 1 saturated heterocycles. The van der Waals surface area contributed by atoms with Gasteiger partial charge < -0.3 is 24.8 Å². The minimum absolute atomic E-state index is 0.149. The molecule has 0 radical (unpaired) electrons. The first-order chi connectivity index (χ1) is 14.0. The molecule has 2 N–H and O–H groups in total. The molecule has 1 aromatic heterocycles. The largest absolute Gasteiger partial charge is 0.497 e. The van der Waals surface area contributed by atoms with Crippen LogP contribution in [0.3, 0.4) is 0 Å². The molecule has 8 heteroatoms. The van der Waals surface area contributed by atoms with Crippen LogP contribution in [0, 0.1) is 0 Å². The molecule has 1 aliphatic rings. The maximum absolute atomic E-state index is 12.5. The van der Waals surface area contributed by atoms with Crippen LogP contribution in [-0.4, -0.2) is 55.3 Å². The molecule has 1 amide bonds. The zero-order valence-electron chi connectivity index (χ0n) is 16.5. The number of aliphatic hydroxyl groups is 1. The van der Waals surface area contributed by atoms with Crippen molar-refractivity contribution in [3.05, 3.63) is 45.6 Å². The Hall–Kier alpha value is -1.80. The number of aliphatic hydroxyl groups excluding tert-OH is 1. The Morgan fingerprint density at radius 2 is 1.90 bits per heavy atom. The first kappa shape index (κ1) is 21.9. The van der Waals surface area contributed by atoms with Crippen LogP contribution in [-0.2, 0) is 4.79 Å². The number of thiophene rings is 1. The van der Waals surface area contributed by atoms with Crippen LogP contribution in [0.15, 0.2) is 36.4 Å². The van der Waals surface area contributed by atoms with E-state index in [0.29, 0.717) is 16.6 Å². The number of methoxy groups -OCH3 is 1. The normalized spacial score (nSPS) is 16.4. The summed E-state index contributed by atoms with van der Waals surface area (Å²) in [7, 11) is 1.61. The van der Waals surface area contributed by atoms with E-state index >= 15 is 0 Å². The predicted octanol–water partition coefficient (Wildman–Crippen LogP) is 3.49. The van der Waals surface area contributed by atoms with E-state index in [9.17, 15) is 9.90 Å². The van der Waals surface area contributed by atoms with Gasteiger partial charge in [-0.25, -0.2) is 0 Å². The number of carbonyl (C=O) groups excluding carboxylic acids is 1. The Kier molecular flexibility index (Phi) is 8.18. The van der Waals surface area contributed by atoms with Gasteiger partial charge in [0.15, 0.2) is 0 Å². The smallest absolute Gasteiger partial charge is 0.223 e. The van der Waals surface area contributed by atoms with E-state index in [0.717, 1.165) is 36.6 Å². The SMILES string of the molecule is COc1ccc(OCCC(=O)NC(CN2CCCC2)C(O)c2ccc(Cl)s2)cc1. The van der Waals surface area contributed by atoms with Crippen molar-refractivity contribution in [1.29, 1.82) is 0 Å². The van der Waals surface area contributed by atoms with Gasteiger partial charge >= 0.3 is 0 Å². The van der Waals surface area contributed by atoms with Gasteiger partial charge in [0.1, 0.15) is 17.6 Å². The Balaban J connectivity index is 1.53. The highest BCUT2D eigenvalue weighted by molar-refractivity contribution is 7.16. The third-order valence-corrected chi connectivity index (χ3v) is 6.23. The average Bonchev–Trinajstić information content (AvgIpc) is 3.39. The molecule has 158 valence electrons. The van der Waals surface area contributed by atoms with Gasteiger partial charge in [-0.2, -0.15) is 0 Å². The summed E-state index contributed by atoms with van der Waals surface area (Å²) in [4.78, 5) is 15.5. The van der Waals surface area contributed by atoms with E-state index < -0.39 is 12.1 Å². The number of halogens is 1. The standard InChI is InChI=1S/C21H27ClN2O4S/c1-27-15-4-6-16(7-5-15)28-13-10-20(25)23-17(14-24-11-2-3-12-24)21(26)18-8-9-19(22)29-18/h4-9,17,21,26H,2-3,10-14H2,1H3,(H,23,25).